The molecular formula is C14H16FNO4. The predicted molar refractivity (Wildman–Crippen MR) is 69.0 cm³/mol. The third kappa shape index (κ3) is 2.11. The Morgan fingerprint density at radius 1 is 1.45 bits per heavy atom. The summed E-state index contributed by atoms with van der Waals surface area (Å²) in [6.45, 7) is 1.99. The van der Waals surface area contributed by atoms with Crippen molar-refractivity contribution in [3.05, 3.63) is 29.6 Å². The first-order chi connectivity index (χ1) is 9.42. The van der Waals surface area contributed by atoms with Crippen LogP contribution in [0.2, 0.25) is 0 Å². The second-order valence-corrected chi connectivity index (χ2v) is 4.91. The van der Waals surface area contributed by atoms with E-state index in [0.717, 1.165) is 18.2 Å². The number of amides is 1. The second kappa shape index (κ2) is 5.11. The van der Waals surface area contributed by atoms with Gasteiger partial charge in [-0.25, -0.2) is 9.18 Å². The van der Waals surface area contributed by atoms with Gasteiger partial charge in [0.2, 0.25) is 0 Å². The number of benzene rings is 1. The number of phenolic OH excluding ortho intramolecular Hbond substituents is 1. The normalized spacial score (nSPS) is 22.0. The van der Waals surface area contributed by atoms with Crippen LogP contribution in [0.15, 0.2) is 18.2 Å². The van der Waals surface area contributed by atoms with Gasteiger partial charge in [0, 0.05) is 6.54 Å². The molecule has 20 heavy (non-hydrogen) atoms. The lowest BCUT2D eigenvalue weighted by Crippen LogP contribution is -2.52. The highest BCUT2D eigenvalue weighted by atomic mass is 19.1. The molecule has 0 spiro atoms. The van der Waals surface area contributed by atoms with Gasteiger partial charge in [0.15, 0.2) is 0 Å². The molecule has 108 valence electrons. The first-order valence-electron chi connectivity index (χ1n) is 6.46. The van der Waals surface area contributed by atoms with Crippen molar-refractivity contribution in [3.8, 4) is 5.75 Å². The molecule has 0 radical (unpaired) electrons. The number of nitrogens with zero attached hydrogens (tertiary/aromatic N) is 1. The number of hydrogen-bond donors (Lipinski definition) is 2. The molecule has 1 aliphatic heterocycles. The fourth-order valence-corrected chi connectivity index (χ4v) is 2.74. The van der Waals surface area contributed by atoms with Gasteiger partial charge in [0.05, 0.1) is 5.56 Å². The SMILES string of the molecule is CCC1(C(=O)O)CCCN1C(=O)c1cc(F)ccc1O. The number of hydrogen-bond acceptors (Lipinski definition) is 3. The van der Waals surface area contributed by atoms with Crippen LogP contribution in [0.1, 0.15) is 36.5 Å². The van der Waals surface area contributed by atoms with Crippen LogP contribution in [0.4, 0.5) is 4.39 Å². The molecule has 1 amide bonds. The number of halogens is 1. The van der Waals surface area contributed by atoms with Crippen molar-refractivity contribution in [2.75, 3.05) is 6.54 Å². The molecule has 0 saturated carbocycles. The third-order valence-electron chi connectivity index (χ3n) is 3.91. The lowest BCUT2D eigenvalue weighted by Gasteiger charge is -2.34. The van der Waals surface area contributed by atoms with Crippen molar-refractivity contribution < 1.29 is 24.2 Å². The van der Waals surface area contributed by atoms with E-state index in [-0.39, 0.29) is 24.3 Å². The van der Waals surface area contributed by atoms with Gasteiger partial charge in [-0.05, 0) is 37.5 Å². The Balaban J connectivity index is 2.42. The minimum absolute atomic E-state index is 0.203. The maximum Gasteiger partial charge on any atom is 0.329 e. The van der Waals surface area contributed by atoms with E-state index in [4.69, 9.17) is 0 Å². The maximum atomic E-state index is 13.2. The van der Waals surface area contributed by atoms with Crippen molar-refractivity contribution >= 4 is 11.9 Å². The number of likely N-dealkylation sites (tertiary alicyclic amines) is 1. The highest BCUT2D eigenvalue weighted by molar-refractivity contribution is 6.00. The molecular weight excluding hydrogens is 265 g/mol. The van der Waals surface area contributed by atoms with Crippen molar-refractivity contribution in [2.24, 2.45) is 0 Å². The van der Waals surface area contributed by atoms with Gasteiger partial charge in [-0.2, -0.15) is 0 Å². The monoisotopic (exact) mass is 281 g/mol. The highest BCUT2D eigenvalue weighted by Gasteiger charge is 2.49. The lowest BCUT2D eigenvalue weighted by atomic mass is 9.92. The minimum Gasteiger partial charge on any atom is -0.507 e. The fraction of sp³-hybridized carbons (Fsp3) is 0.429. The topological polar surface area (TPSA) is 77.8 Å². The summed E-state index contributed by atoms with van der Waals surface area (Å²) in [6, 6.07) is 3.06. The van der Waals surface area contributed by atoms with Crippen molar-refractivity contribution in [2.45, 2.75) is 31.7 Å². The molecule has 1 atom stereocenters. The number of carboxylic acid groups (broad SMARTS) is 1. The van der Waals surface area contributed by atoms with Crippen LogP contribution >= 0.6 is 0 Å². The summed E-state index contributed by atoms with van der Waals surface area (Å²) >= 11 is 0. The van der Waals surface area contributed by atoms with Crippen LogP contribution in [-0.2, 0) is 4.79 Å². The van der Waals surface area contributed by atoms with Crippen LogP contribution in [0.5, 0.6) is 5.75 Å². The van der Waals surface area contributed by atoms with E-state index < -0.39 is 23.2 Å². The Morgan fingerprint density at radius 3 is 2.75 bits per heavy atom. The van der Waals surface area contributed by atoms with Gasteiger partial charge in [0.1, 0.15) is 17.1 Å². The first-order valence-corrected chi connectivity index (χ1v) is 6.46. The van der Waals surface area contributed by atoms with E-state index in [9.17, 15) is 24.2 Å². The first kappa shape index (κ1) is 14.3. The summed E-state index contributed by atoms with van der Waals surface area (Å²) in [6.07, 6.45) is 1.20. The number of carbonyl (C=O) groups is 2. The van der Waals surface area contributed by atoms with Crippen LogP contribution in [0, 0.1) is 5.82 Å². The largest absolute Gasteiger partial charge is 0.507 e. The Hall–Kier alpha value is -2.11. The Labute approximate surface area is 115 Å². The number of carbonyl (C=O) groups excluding carboxylic acids is 1. The van der Waals surface area contributed by atoms with E-state index in [2.05, 4.69) is 0 Å². The Kier molecular flexibility index (Phi) is 3.65. The van der Waals surface area contributed by atoms with Gasteiger partial charge in [0.25, 0.3) is 5.91 Å². The van der Waals surface area contributed by atoms with E-state index in [1.807, 2.05) is 0 Å². The van der Waals surface area contributed by atoms with Crippen molar-refractivity contribution in [1.29, 1.82) is 0 Å². The second-order valence-electron chi connectivity index (χ2n) is 4.91. The summed E-state index contributed by atoms with van der Waals surface area (Å²) in [4.78, 5) is 25.2. The molecule has 1 aromatic rings. The van der Waals surface area contributed by atoms with Gasteiger partial charge in [-0.15, -0.1) is 0 Å². The molecule has 1 saturated heterocycles. The molecule has 1 unspecified atom stereocenters. The Bertz CT molecular complexity index is 560. The number of aromatic hydroxyl groups is 1. The number of phenols is 1. The van der Waals surface area contributed by atoms with Crippen molar-refractivity contribution in [1.82, 2.24) is 4.90 Å². The number of rotatable bonds is 3. The van der Waals surface area contributed by atoms with Crippen molar-refractivity contribution in [3.63, 3.8) is 0 Å². The van der Waals surface area contributed by atoms with Gasteiger partial charge in [-0.1, -0.05) is 6.92 Å². The molecule has 0 bridgehead atoms. The summed E-state index contributed by atoms with van der Waals surface area (Å²) in [5, 5.41) is 19.1. The maximum absolute atomic E-state index is 13.2. The highest BCUT2D eigenvalue weighted by Crippen LogP contribution is 2.35. The fourth-order valence-electron chi connectivity index (χ4n) is 2.74. The molecule has 2 rings (SSSR count). The predicted octanol–water partition coefficient (Wildman–Crippen LogP) is 2.00. The molecule has 0 aromatic heterocycles. The zero-order valence-electron chi connectivity index (χ0n) is 11.1. The van der Waals surface area contributed by atoms with Crippen LogP contribution < -0.4 is 0 Å². The molecule has 5 nitrogen and oxygen atoms in total. The molecule has 6 heteroatoms. The van der Waals surface area contributed by atoms with E-state index >= 15 is 0 Å². The number of carboxylic acids is 1. The summed E-state index contributed by atoms with van der Waals surface area (Å²) in [7, 11) is 0. The van der Waals surface area contributed by atoms with Crippen LogP contribution in [0.3, 0.4) is 0 Å². The minimum atomic E-state index is -1.27. The standard InChI is InChI=1S/C14H16FNO4/c1-2-14(13(19)20)6-3-7-16(14)12(18)10-8-9(15)4-5-11(10)17/h4-5,8,17H,2-3,6-7H2,1H3,(H,19,20). The van der Waals surface area contributed by atoms with Crippen LogP contribution in [0.25, 0.3) is 0 Å². The smallest absolute Gasteiger partial charge is 0.329 e. The summed E-state index contributed by atoms with van der Waals surface area (Å²) in [5.41, 5.74) is -1.47. The third-order valence-corrected chi connectivity index (χ3v) is 3.91. The van der Waals surface area contributed by atoms with Gasteiger partial charge >= 0.3 is 5.97 Å². The van der Waals surface area contributed by atoms with Crippen LogP contribution in [-0.4, -0.2) is 39.1 Å². The molecule has 2 N–H and O–H groups in total. The quantitative estimate of drug-likeness (QED) is 0.888. The molecule has 1 aliphatic rings. The summed E-state index contributed by atoms with van der Waals surface area (Å²) in [5.74, 6) is -2.72. The molecule has 1 aromatic carbocycles. The lowest BCUT2D eigenvalue weighted by molar-refractivity contribution is -0.148. The molecule has 1 heterocycles. The number of aliphatic carboxylic acids is 1. The van der Waals surface area contributed by atoms with E-state index in [0.29, 0.717) is 12.8 Å². The zero-order chi connectivity index (χ0) is 14.9. The Morgan fingerprint density at radius 2 is 2.15 bits per heavy atom. The van der Waals surface area contributed by atoms with Gasteiger partial charge in [-0.3, -0.25) is 4.79 Å². The van der Waals surface area contributed by atoms with E-state index in [1.165, 1.54) is 4.90 Å². The summed E-state index contributed by atoms with van der Waals surface area (Å²) < 4.78 is 13.2. The molecule has 0 aliphatic carbocycles. The zero-order valence-corrected chi connectivity index (χ0v) is 11.1. The average molecular weight is 281 g/mol. The van der Waals surface area contributed by atoms with Gasteiger partial charge < -0.3 is 15.1 Å². The molecule has 1 fully saturated rings. The van der Waals surface area contributed by atoms with E-state index in [1.54, 1.807) is 6.92 Å². The average Bonchev–Trinajstić information content (AvgIpc) is 2.85.